The number of nitrogens with one attached hydrogen (secondary N) is 1. The van der Waals surface area contributed by atoms with E-state index in [0.29, 0.717) is 61.8 Å². The third kappa shape index (κ3) is 4.02. The lowest BCUT2D eigenvalue weighted by atomic mass is 10.2. The second-order valence-corrected chi connectivity index (χ2v) is 8.42. The van der Waals surface area contributed by atoms with Crippen LogP contribution in [0.25, 0.3) is 11.2 Å². The molecule has 10 heteroatoms. The number of aromatic amines is 1. The second kappa shape index (κ2) is 8.78. The zero-order valence-corrected chi connectivity index (χ0v) is 19.1. The lowest BCUT2D eigenvalue weighted by molar-refractivity contribution is 0.0623. The van der Waals surface area contributed by atoms with Crippen molar-refractivity contribution in [2.24, 2.45) is 7.05 Å². The molecule has 1 N–H and O–H groups in total. The van der Waals surface area contributed by atoms with E-state index in [1.807, 2.05) is 18.7 Å². The number of furan rings is 1. The first-order valence-electron chi connectivity index (χ1n) is 11.1. The van der Waals surface area contributed by atoms with Gasteiger partial charge in [-0.25, -0.2) is 9.78 Å². The molecule has 1 fully saturated rings. The average Bonchev–Trinajstić information content (AvgIpc) is 3.26. The summed E-state index contributed by atoms with van der Waals surface area (Å²) in [6.45, 7) is 9.37. The van der Waals surface area contributed by atoms with Crippen LogP contribution in [0.15, 0.2) is 20.1 Å². The molecule has 1 amide bonds. The minimum absolute atomic E-state index is 0.00629. The zero-order chi connectivity index (χ0) is 23.0. The molecule has 0 spiro atoms. The lowest BCUT2D eigenvalue weighted by Gasteiger charge is -2.34. The van der Waals surface area contributed by atoms with Crippen molar-refractivity contribution in [1.29, 1.82) is 0 Å². The van der Waals surface area contributed by atoms with Crippen LogP contribution in [0.5, 0.6) is 0 Å². The lowest BCUT2D eigenvalue weighted by Crippen LogP contribution is -2.48. The molecule has 32 heavy (non-hydrogen) atoms. The quantitative estimate of drug-likeness (QED) is 0.618. The molecule has 0 aromatic carbocycles. The fourth-order valence-corrected chi connectivity index (χ4v) is 4.28. The molecule has 172 valence electrons. The summed E-state index contributed by atoms with van der Waals surface area (Å²) in [5.74, 6) is 2.10. The van der Waals surface area contributed by atoms with Gasteiger partial charge in [0.15, 0.2) is 11.2 Å². The summed E-state index contributed by atoms with van der Waals surface area (Å²) in [6, 6.07) is 1.79. The van der Waals surface area contributed by atoms with Crippen LogP contribution in [0, 0.1) is 13.8 Å². The van der Waals surface area contributed by atoms with Gasteiger partial charge in [-0.1, -0.05) is 13.3 Å². The monoisotopic (exact) mass is 442 g/mol. The topological polar surface area (TPSA) is 109 Å². The minimum atomic E-state index is -0.419. The number of carbonyl (C=O) groups excluding carboxylic acids is 1. The van der Waals surface area contributed by atoms with E-state index in [2.05, 4.69) is 21.8 Å². The van der Waals surface area contributed by atoms with Gasteiger partial charge >= 0.3 is 5.69 Å². The summed E-state index contributed by atoms with van der Waals surface area (Å²) in [5.41, 5.74) is 0.632. The van der Waals surface area contributed by atoms with Crippen LogP contribution in [0.4, 0.5) is 0 Å². The molecular formula is C22H30N6O4. The number of nitrogens with zero attached hydrogens (tertiary/aromatic N) is 5. The van der Waals surface area contributed by atoms with Gasteiger partial charge in [0, 0.05) is 39.8 Å². The molecule has 1 aliphatic heterocycles. The Morgan fingerprint density at radius 2 is 1.91 bits per heavy atom. The smallest absolute Gasteiger partial charge is 0.330 e. The molecule has 10 nitrogen and oxygen atoms in total. The third-order valence-corrected chi connectivity index (χ3v) is 6.14. The number of aryl methyl sites for hydroxylation is 4. The van der Waals surface area contributed by atoms with Crippen molar-refractivity contribution in [2.45, 2.75) is 46.7 Å². The standard InChI is InChI=1S/C22H30N6O4/c1-5-6-7-28-19-18(20(29)24-22(28)31)25(4)17(23-19)13-26-8-10-27(11-9-26)21(30)16-12-14(2)32-15(16)3/h12H,5-11,13H2,1-4H3,(H,24,29,31). The van der Waals surface area contributed by atoms with Gasteiger partial charge in [0.2, 0.25) is 0 Å². The van der Waals surface area contributed by atoms with Gasteiger partial charge in [-0.3, -0.25) is 24.0 Å². The van der Waals surface area contributed by atoms with Crippen LogP contribution >= 0.6 is 0 Å². The molecule has 0 bridgehead atoms. The van der Waals surface area contributed by atoms with Crippen molar-refractivity contribution in [3.63, 3.8) is 0 Å². The molecule has 0 radical (unpaired) electrons. The highest BCUT2D eigenvalue weighted by Crippen LogP contribution is 2.18. The fraction of sp³-hybridized carbons (Fsp3) is 0.545. The molecule has 3 aromatic rings. The molecule has 0 atom stereocenters. The van der Waals surface area contributed by atoms with Crippen LogP contribution in [0.3, 0.4) is 0 Å². The SMILES string of the molecule is CCCCn1c(=O)[nH]c(=O)c2c1nc(CN1CCN(C(=O)c3cc(C)oc3C)CC1)n2C. The Kier molecular flexibility index (Phi) is 6.05. The molecule has 1 saturated heterocycles. The van der Waals surface area contributed by atoms with E-state index < -0.39 is 11.2 Å². The van der Waals surface area contributed by atoms with Gasteiger partial charge in [0.1, 0.15) is 17.3 Å². The van der Waals surface area contributed by atoms with Crippen molar-refractivity contribution in [3.8, 4) is 0 Å². The Hall–Kier alpha value is -3.14. The van der Waals surface area contributed by atoms with E-state index in [9.17, 15) is 14.4 Å². The fourth-order valence-electron chi connectivity index (χ4n) is 4.28. The number of aromatic nitrogens is 4. The highest BCUT2D eigenvalue weighted by molar-refractivity contribution is 5.95. The van der Waals surface area contributed by atoms with Gasteiger partial charge < -0.3 is 13.9 Å². The summed E-state index contributed by atoms with van der Waals surface area (Å²) < 4.78 is 8.82. The van der Waals surface area contributed by atoms with Crippen molar-refractivity contribution in [1.82, 2.24) is 28.9 Å². The first-order chi connectivity index (χ1) is 15.3. The van der Waals surface area contributed by atoms with Crippen molar-refractivity contribution in [2.75, 3.05) is 26.2 Å². The highest BCUT2D eigenvalue weighted by atomic mass is 16.3. The Balaban J connectivity index is 1.50. The number of rotatable bonds is 6. The van der Waals surface area contributed by atoms with Gasteiger partial charge in [0.05, 0.1) is 12.1 Å². The number of amides is 1. The van der Waals surface area contributed by atoms with Crippen LogP contribution in [0.1, 0.15) is 47.5 Å². The summed E-state index contributed by atoms with van der Waals surface area (Å²) in [4.78, 5) is 48.7. The van der Waals surface area contributed by atoms with Gasteiger partial charge in [-0.15, -0.1) is 0 Å². The number of hydrogen-bond acceptors (Lipinski definition) is 6. The number of imidazole rings is 1. The van der Waals surface area contributed by atoms with E-state index >= 15 is 0 Å². The first-order valence-corrected chi connectivity index (χ1v) is 11.1. The number of unbranched alkanes of at least 4 members (excludes halogenated alkanes) is 1. The molecular weight excluding hydrogens is 412 g/mol. The Morgan fingerprint density at radius 3 is 2.53 bits per heavy atom. The normalized spacial score (nSPS) is 15.1. The van der Waals surface area contributed by atoms with Crippen LogP contribution in [-0.2, 0) is 20.1 Å². The van der Waals surface area contributed by atoms with Crippen molar-refractivity contribution >= 4 is 17.1 Å². The number of carbonyl (C=O) groups is 1. The van der Waals surface area contributed by atoms with E-state index in [1.165, 1.54) is 0 Å². The summed E-state index contributed by atoms with van der Waals surface area (Å²) >= 11 is 0. The predicted molar refractivity (Wildman–Crippen MR) is 120 cm³/mol. The third-order valence-electron chi connectivity index (χ3n) is 6.14. The largest absolute Gasteiger partial charge is 0.466 e. The molecule has 4 heterocycles. The maximum Gasteiger partial charge on any atom is 0.330 e. The average molecular weight is 443 g/mol. The second-order valence-electron chi connectivity index (χ2n) is 8.42. The minimum Gasteiger partial charge on any atom is -0.466 e. The van der Waals surface area contributed by atoms with Crippen LogP contribution in [-0.4, -0.2) is 61.0 Å². The number of H-pyrrole nitrogens is 1. The Morgan fingerprint density at radius 1 is 1.19 bits per heavy atom. The molecule has 0 aliphatic carbocycles. The van der Waals surface area contributed by atoms with E-state index in [0.717, 1.165) is 24.4 Å². The maximum absolute atomic E-state index is 12.8. The molecule has 0 unspecified atom stereocenters. The Labute approximate surface area is 185 Å². The van der Waals surface area contributed by atoms with Gasteiger partial charge in [-0.05, 0) is 26.3 Å². The molecule has 1 aliphatic rings. The van der Waals surface area contributed by atoms with Crippen LogP contribution in [0.2, 0.25) is 0 Å². The maximum atomic E-state index is 12.8. The summed E-state index contributed by atoms with van der Waals surface area (Å²) in [7, 11) is 1.80. The summed E-state index contributed by atoms with van der Waals surface area (Å²) in [6.07, 6.45) is 1.77. The highest BCUT2D eigenvalue weighted by Gasteiger charge is 2.26. The zero-order valence-electron chi connectivity index (χ0n) is 19.1. The Bertz CT molecular complexity index is 1260. The molecule has 4 rings (SSSR count). The van der Waals surface area contributed by atoms with E-state index in [-0.39, 0.29) is 5.91 Å². The van der Waals surface area contributed by atoms with E-state index in [1.54, 1.807) is 22.2 Å². The van der Waals surface area contributed by atoms with Crippen molar-refractivity contribution < 1.29 is 9.21 Å². The number of hydrogen-bond donors (Lipinski definition) is 1. The molecule has 3 aromatic heterocycles. The summed E-state index contributed by atoms with van der Waals surface area (Å²) in [5, 5.41) is 0. The predicted octanol–water partition coefficient (Wildman–Crippen LogP) is 1.39. The van der Waals surface area contributed by atoms with Gasteiger partial charge in [-0.2, -0.15) is 0 Å². The van der Waals surface area contributed by atoms with Gasteiger partial charge in [0.25, 0.3) is 11.5 Å². The number of piperazine rings is 1. The van der Waals surface area contributed by atoms with Crippen molar-refractivity contribution in [3.05, 3.63) is 49.8 Å². The van der Waals surface area contributed by atoms with E-state index in [4.69, 9.17) is 4.42 Å². The van der Waals surface area contributed by atoms with Crippen LogP contribution < -0.4 is 11.2 Å². The number of fused-ring (bicyclic) bond motifs is 1. The first kappa shape index (κ1) is 22.1. The molecule has 0 saturated carbocycles.